The van der Waals surface area contributed by atoms with E-state index >= 15 is 0 Å². The van der Waals surface area contributed by atoms with Crippen molar-refractivity contribution in [2.24, 2.45) is 17.0 Å². The van der Waals surface area contributed by atoms with Crippen molar-refractivity contribution in [2.75, 3.05) is 11.5 Å². The first-order valence-corrected chi connectivity index (χ1v) is 12.6. The number of carbonyl (C=O) groups excluding carboxylic acids is 5. The van der Waals surface area contributed by atoms with Gasteiger partial charge in [0.15, 0.2) is 22.7 Å². The van der Waals surface area contributed by atoms with E-state index in [1.165, 1.54) is 12.3 Å². The molecule has 0 aliphatic carbocycles. The SMILES string of the molecule is CC[C@H](O/N=C(\C(=O)C[C@@H]1C(=O)N2[C@@H]1[S@@](=O)C[C@@H]1CC(=O)O[C@@]12C(=O)[O-])c1csc(N)n1)C(=O)[O-].[Na+].[Na+]. The van der Waals surface area contributed by atoms with Gasteiger partial charge in [0.25, 0.3) is 0 Å². The van der Waals surface area contributed by atoms with Crippen LogP contribution in [0, 0.1) is 11.8 Å². The van der Waals surface area contributed by atoms with Gasteiger partial charge in [0.1, 0.15) is 17.0 Å². The third kappa shape index (κ3) is 5.52. The molecular weight excluding hydrogens is 554 g/mol. The number of nitrogens with zero attached hydrogens (tertiary/aromatic N) is 3. The average Bonchev–Trinajstić information content (AvgIpc) is 3.35. The van der Waals surface area contributed by atoms with Crippen molar-refractivity contribution >= 4 is 62.6 Å². The fraction of sp³-hybridized carbons (Fsp3) is 0.526. The summed E-state index contributed by atoms with van der Waals surface area (Å²) in [6.07, 6.45) is -2.39. The number of hydrogen-bond donors (Lipinski definition) is 1. The van der Waals surface area contributed by atoms with Crippen molar-refractivity contribution in [1.29, 1.82) is 0 Å². The third-order valence-corrected chi connectivity index (χ3v) is 8.50. The van der Waals surface area contributed by atoms with Gasteiger partial charge in [-0.1, -0.05) is 12.1 Å². The van der Waals surface area contributed by atoms with E-state index in [2.05, 4.69) is 10.1 Å². The number of nitrogen functional groups attached to an aromatic ring is 1. The second-order valence-electron chi connectivity index (χ2n) is 8.07. The smallest absolute Gasteiger partial charge is 0.546 e. The van der Waals surface area contributed by atoms with Crippen molar-refractivity contribution in [3.05, 3.63) is 11.1 Å². The van der Waals surface area contributed by atoms with Crippen molar-refractivity contribution in [1.82, 2.24) is 9.88 Å². The minimum atomic E-state index is -2.38. The molecule has 3 fully saturated rings. The number of oxime groups is 1. The molecule has 0 spiro atoms. The molecule has 1 aromatic heterocycles. The van der Waals surface area contributed by atoms with Crippen LogP contribution in [0.2, 0.25) is 0 Å². The molecule has 3 aliphatic heterocycles. The molecule has 0 bridgehead atoms. The molecular formula is C19H18N4Na2O10S2. The van der Waals surface area contributed by atoms with Gasteiger partial charge in [0, 0.05) is 34.3 Å². The number of nitrogens with two attached hydrogens (primary N) is 1. The van der Waals surface area contributed by atoms with Crippen molar-refractivity contribution in [3.63, 3.8) is 0 Å². The summed E-state index contributed by atoms with van der Waals surface area (Å²) in [5.41, 5.74) is 2.77. The first kappa shape index (κ1) is 31.8. The van der Waals surface area contributed by atoms with Crippen LogP contribution in [-0.4, -0.2) is 72.4 Å². The van der Waals surface area contributed by atoms with Gasteiger partial charge in [0.2, 0.25) is 11.6 Å². The molecule has 18 heteroatoms. The molecule has 2 N–H and O–H groups in total. The van der Waals surface area contributed by atoms with Gasteiger partial charge in [-0.25, -0.2) is 4.98 Å². The third-order valence-electron chi connectivity index (χ3n) is 6.01. The Morgan fingerprint density at radius 2 is 2.05 bits per heavy atom. The molecule has 37 heavy (non-hydrogen) atoms. The van der Waals surface area contributed by atoms with Gasteiger partial charge < -0.3 is 35.1 Å². The van der Waals surface area contributed by atoms with Crippen LogP contribution in [0.4, 0.5) is 5.13 Å². The Hall–Kier alpha value is -1.40. The van der Waals surface area contributed by atoms with Crippen LogP contribution in [0.25, 0.3) is 0 Å². The number of ketones is 1. The monoisotopic (exact) mass is 572 g/mol. The van der Waals surface area contributed by atoms with E-state index in [1.54, 1.807) is 0 Å². The van der Waals surface area contributed by atoms with Crippen LogP contribution >= 0.6 is 11.3 Å². The molecule has 6 atom stereocenters. The quantitative estimate of drug-likeness (QED) is 0.0958. The molecule has 0 unspecified atom stereocenters. The Morgan fingerprint density at radius 3 is 2.59 bits per heavy atom. The number of rotatable bonds is 9. The first-order chi connectivity index (χ1) is 16.5. The maximum Gasteiger partial charge on any atom is 1.00 e. The summed E-state index contributed by atoms with van der Waals surface area (Å²) in [4.78, 5) is 70.6. The molecule has 3 saturated heterocycles. The summed E-state index contributed by atoms with van der Waals surface area (Å²) in [7, 11) is -1.80. The number of carboxylic acids is 2. The van der Waals surface area contributed by atoms with Gasteiger partial charge in [0.05, 0.1) is 18.3 Å². The number of amides is 1. The maximum absolute atomic E-state index is 13.1. The number of anilines is 1. The average molecular weight is 572 g/mol. The Morgan fingerprint density at radius 1 is 1.38 bits per heavy atom. The number of thiazole rings is 1. The number of Topliss-reactive ketones (excluding diaryl/α,β-unsaturated/α-hetero) is 1. The summed E-state index contributed by atoms with van der Waals surface area (Å²) in [5.74, 6) is -8.41. The number of ether oxygens (including phenoxy) is 1. The number of esters is 1. The van der Waals surface area contributed by atoms with Crippen LogP contribution < -0.4 is 75.1 Å². The molecule has 3 aliphatic rings. The second kappa shape index (κ2) is 12.2. The molecule has 0 radical (unpaired) electrons. The molecule has 1 aromatic rings. The summed E-state index contributed by atoms with van der Waals surface area (Å²) in [5, 5.41) is 26.9. The zero-order valence-corrected chi connectivity index (χ0v) is 25.7. The van der Waals surface area contributed by atoms with Crippen molar-refractivity contribution < 1.29 is 107 Å². The maximum atomic E-state index is 13.1. The molecule has 4 rings (SSSR count). The number of carbonyl (C=O) groups is 5. The van der Waals surface area contributed by atoms with E-state index in [4.69, 9.17) is 15.3 Å². The van der Waals surface area contributed by atoms with Crippen LogP contribution in [0.1, 0.15) is 31.9 Å². The normalized spacial score (nSPS) is 28.9. The number of fused-ring (bicyclic) bond motifs is 3. The van der Waals surface area contributed by atoms with Gasteiger partial charge >= 0.3 is 65.1 Å². The number of β-lactam (4-membered cyclic amide) rings is 1. The zero-order valence-electron chi connectivity index (χ0n) is 20.0. The van der Waals surface area contributed by atoms with Gasteiger partial charge in [-0.2, -0.15) is 0 Å². The number of aliphatic carboxylic acids is 2. The van der Waals surface area contributed by atoms with E-state index in [0.29, 0.717) is 4.90 Å². The molecule has 0 aromatic carbocycles. The van der Waals surface area contributed by atoms with Gasteiger partial charge in [-0.05, 0) is 6.42 Å². The van der Waals surface area contributed by atoms with E-state index in [-0.39, 0.29) is 88.5 Å². The minimum Gasteiger partial charge on any atom is -0.546 e. The fourth-order valence-electron chi connectivity index (χ4n) is 4.36. The largest absolute Gasteiger partial charge is 1.00 e. The predicted molar refractivity (Wildman–Crippen MR) is 112 cm³/mol. The van der Waals surface area contributed by atoms with Gasteiger partial charge in [-0.3, -0.25) is 23.5 Å². The molecule has 0 saturated carbocycles. The van der Waals surface area contributed by atoms with Crippen molar-refractivity contribution in [2.45, 2.75) is 43.4 Å². The predicted octanol–water partition coefficient (Wildman–Crippen LogP) is -9.50. The Labute approximate surface area is 260 Å². The molecule has 188 valence electrons. The standard InChI is InChI=1S/C19H20N4O10S2.2Na/c1-2-11(16(27)28)33-22-13(9-5-34-18(20)21-9)10(24)4-8-14(26)23-15(8)35(31)6-7-3-12(25)32-19(7,23)17(29)30;;/h5,7-8,11,15H,2-4,6H2,1H3,(H2,20,21)(H,27,28)(H,29,30);;/q;2*+1/p-2/b22-13-;;/t7-,8+,11-,15+,19+,35-;;/m0../s1. The van der Waals surface area contributed by atoms with Crippen LogP contribution in [-0.2, 0) is 44.3 Å². The van der Waals surface area contributed by atoms with E-state index in [0.717, 1.165) is 11.3 Å². The second-order valence-corrected chi connectivity index (χ2v) is 10.5. The zero-order chi connectivity index (χ0) is 25.7. The summed E-state index contributed by atoms with van der Waals surface area (Å²) in [6.45, 7) is 1.49. The van der Waals surface area contributed by atoms with Crippen LogP contribution in [0.15, 0.2) is 10.5 Å². The van der Waals surface area contributed by atoms with Crippen molar-refractivity contribution in [3.8, 4) is 0 Å². The molecule has 14 nitrogen and oxygen atoms in total. The topological polar surface area (TPSA) is 222 Å². The summed E-state index contributed by atoms with van der Waals surface area (Å²) < 4.78 is 17.8. The minimum absolute atomic E-state index is 0. The van der Waals surface area contributed by atoms with Gasteiger partial charge in [-0.15, -0.1) is 11.3 Å². The van der Waals surface area contributed by atoms with Crippen LogP contribution in [0.3, 0.4) is 0 Å². The van der Waals surface area contributed by atoms with Crippen LogP contribution in [0.5, 0.6) is 0 Å². The first-order valence-electron chi connectivity index (χ1n) is 10.3. The molecule has 1 amide bonds. The summed E-state index contributed by atoms with van der Waals surface area (Å²) in [6, 6.07) is 0. The summed E-state index contributed by atoms with van der Waals surface area (Å²) >= 11 is 0.972. The van der Waals surface area contributed by atoms with E-state index in [1.807, 2.05) is 0 Å². The Kier molecular flexibility index (Phi) is 10.5. The van der Waals surface area contributed by atoms with E-state index in [9.17, 15) is 38.4 Å². The Balaban J connectivity index is 0.00000241. The number of hydrogen-bond acceptors (Lipinski definition) is 14. The Bertz CT molecular complexity index is 1190. The number of aromatic nitrogens is 1. The van der Waals surface area contributed by atoms with E-state index < -0.39 is 81.6 Å². The number of carboxylic acid groups (broad SMARTS) is 2. The fourth-order valence-corrected chi connectivity index (χ4v) is 6.92. The molecule has 4 heterocycles.